The Morgan fingerprint density at radius 1 is 1.27 bits per heavy atom. The van der Waals surface area contributed by atoms with Gasteiger partial charge in [-0.15, -0.1) is 0 Å². The second kappa shape index (κ2) is 7.54. The molecule has 1 atom stereocenters. The molecule has 0 bridgehead atoms. The molecular formula is C17H21N5O4. The summed E-state index contributed by atoms with van der Waals surface area (Å²) in [4.78, 5) is 30.6. The molecule has 9 heteroatoms. The van der Waals surface area contributed by atoms with Gasteiger partial charge >= 0.3 is 5.69 Å². The third-order valence-corrected chi connectivity index (χ3v) is 4.15. The van der Waals surface area contributed by atoms with Gasteiger partial charge in [-0.25, -0.2) is 4.79 Å². The first kappa shape index (κ1) is 17.9. The molecule has 0 saturated heterocycles. The molecule has 0 aliphatic rings. The molecule has 0 spiro atoms. The standard InChI is InChI=1S/C17H21N5O4/c1-21-14-13(15(25)20-17(21)26)22(9-12(24)10-23)16(19-14)18-8-7-11-5-3-2-4-6-11/h2-6,12,23-24H,7-10H2,1H3,(H,18,19)(H,20,25,26). The second-order valence-corrected chi connectivity index (χ2v) is 6.04. The third-order valence-electron chi connectivity index (χ3n) is 4.15. The van der Waals surface area contributed by atoms with Crippen LogP contribution in [0.5, 0.6) is 0 Å². The van der Waals surface area contributed by atoms with E-state index < -0.39 is 24.0 Å². The SMILES string of the molecule is Cn1c(=O)[nH]c(=O)c2c1nc(NCCc1ccccc1)n2CC(O)CO. The molecule has 1 unspecified atom stereocenters. The lowest BCUT2D eigenvalue weighted by Gasteiger charge is -2.13. The van der Waals surface area contributed by atoms with Crippen LogP contribution in [0.25, 0.3) is 11.2 Å². The van der Waals surface area contributed by atoms with Crippen molar-refractivity contribution in [3.8, 4) is 0 Å². The van der Waals surface area contributed by atoms with Crippen molar-refractivity contribution in [1.29, 1.82) is 0 Å². The first-order valence-electron chi connectivity index (χ1n) is 8.27. The number of imidazole rings is 1. The highest BCUT2D eigenvalue weighted by Gasteiger charge is 2.19. The van der Waals surface area contributed by atoms with E-state index in [1.165, 1.54) is 16.2 Å². The smallest absolute Gasteiger partial charge is 0.329 e. The predicted octanol–water partition coefficient (Wildman–Crippen LogP) is -0.569. The molecule has 0 fully saturated rings. The minimum Gasteiger partial charge on any atom is -0.394 e. The highest BCUT2D eigenvalue weighted by Crippen LogP contribution is 2.16. The number of anilines is 1. The van der Waals surface area contributed by atoms with Crippen molar-refractivity contribution in [2.24, 2.45) is 7.05 Å². The number of fused-ring (bicyclic) bond motifs is 1. The number of aromatic nitrogens is 4. The summed E-state index contributed by atoms with van der Waals surface area (Å²) < 4.78 is 2.72. The van der Waals surface area contributed by atoms with Crippen LogP contribution in [0, 0.1) is 0 Å². The Kier molecular flexibility index (Phi) is 5.19. The average Bonchev–Trinajstić information content (AvgIpc) is 2.99. The highest BCUT2D eigenvalue weighted by molar-refractivity contribution is 5.74. The number of nitrogens with zero attached hydrogens (tertiary/aromatic N) is 3. The van der Waals surface area contributed by atoms with Gasteiger partial charge in [-0.3, -0.25) is 14.3 Å². The number of aromatic amines is 1. The minimum atomic E-state index is -1.06. The summed E-state index contributed by atoms with van der Waals surface area (Å²) in [5.74, 6) is 0.357. The van der Waals surface area contributed by atoms with Crippen LogP contribution >= 0.6 is 0 Å². The fourth-order valence-electron chi connectivity index (χ4n) is 2.78. The van der Waals surface area contributed by atoms with Crippen LogP contribution in [0.15, 0.2) is 39.9 Å². The second-order valence-electron chi connectivity index (χ2n) is 6.04. The summed E-state index contributed by atoms with van der Waals surface area (Å²) in [6.07, 6.45) is -0.319. The molecular weight excluding hydrogens is 338 g/mol. The lowest BCUT2D eigenvalue weighted by molar-refractivity contribution is 0.0825. The largest absolute Gasteiger partial charge is 0.394 e. The quantitative estimate of drug-likeness (QED) is 0.448. The van der Waals surface area contributed by atoms with Gasteiger partial charge in [-0.2, -0.15) is 4.98 Å². The van der Waals surface area contributed by atoms with E-state index in [1.807, 2.05) is 30.3 Å². The number of nitrogens with one attached hydrogen (secondary N) is 2. The first-order chi connectivity index (χ1) is 12.5. The van der Waals surface area contributed by atoms with Crippen molar-refractivity contribution >= 4 is 17.1 Å². The van der Waals surface area contributed by atoms with E-state index in [-0.39, 0.29) is 17.7 Å². The molecule has 9 nitrogen and oxygen atoms in total. The average molecular weight is 359 g/mol. The van der Waals surface area contributed by atoms with Gasteiger partial charge in [-0.05, 0) is 12.0 Å². The van der Waals surface area contributed by atoms with E-state index >= 15 is 0 Å². The van der Waals surface area contributed by atoms with Crippen molar-refractivity contribution in [1.82, 2.24) is 19.1 Å². The van der Waals surface area contributed by atoms with E-state index in [0.717, 1.165) is 12.0 Å². The Bertz CT molecular complexity index is 1010. The maximum atomic E-state index is 12.2. The van der Waals surface area contributed by atoms with Crippen molar-refractivity contribution in [2.75, 3.05) is 18.5 Å². The maximum Gasteiger partial charge on any atom is 0.329 e. The van der Waals surface area contributed by atoms with Crippen LogP contribution in [0.2, 0.25) is 0 Å². The van der Waals surface area contributed by atoms with Crippen molar-refractivity contribution in [3.63, 3.8) is 0 Å². The maximum absolute atomic E-state index is 12.2. The van der Waals surface area contributed by atoms with Gasteiger partial charge in [0.1, 0.15) is 0 Å². The Balaban J connectivity index is 1.96. The number of H-pyrrole nitrogens is 1. The van der Waals surface area contributed by atoms with Crippen molar-refractivity contribution in [3.05, 3.63) is 56.7 Å². The Morgan fingerprint density at radius 3 is 2.69 bits per heavy atom. The Labute approximate surface area is 148 Å². The topological polar surface area (TPSA) is 125 Å². The van der Waals surface area contributed by atoms with Crippen LogP contribution in [0.4, 0.5) is 5.95 Å². The molecule has 138 valence electrons. The molecule has 3 rings (SSSR count). The van der Waals surface area contributed by atoms with Gasteiger partial charge in [0, 0.05) is 13.6 Å². The van der Waals surface area contributed by atoms with E-state index in [1.54, 1.807) is 0 Å². The van der Waals surface area contributed by atoms with Crippen LogP contribution < -0.4 is 16.6 Å². The summed E-state index contributed by atoms with van der Waals surface area (Å²) in [6.45, 7) is 0.0726. The lowest BCUT2D eigenvalue weighted by atomic mass is 10.1. The summed E-state index contributed by atoms with van der Waals surface area (Å²) in [7, 11) is 1.51. The first-order valence-corrected chi connectivity index (χ1v) is 8.27. The zero-order valence-electron chi connectivity index (χ0n) is 14.3. The number of hydrogen-bond acceptors (Lipinski definition) is 6. The lowest BCUT2D eigenvalue weighted by Crippen LogP contribution is -2.30. The molecule has 2 heterocycles. The van der Waals surface area contributed by atoms with E-state index in [4.69, 9.17) is 5.11 Å². The van der Waals surface area contributed by atoms with E-state index in [0.29, 0.717) is 12.5 Å². The van der Waals surface area contributed by atoms with Crippen LogP contribution in [0.1, 0.15) is 5.56 Å². The summed E-state index contributed by atoms with van der Waals surface area (Å²) in [5.41, 5.74) is 0.374. The van der Waals surface area contributed by atoms with Gasteiger partial charge in [-0.1, -0.05) is 30.3 Å². The molecule has 3 aromatic rings. The van der Waals surface area contributed by atoms with Crippen molar-refractivity contribution < 1.29 is 10.2 Å². The van der Waals surface area contributed by atoms with E-state index in [2.05, 4.69) is 15.3 Å². The van der Waals surface area contributed by atoms with Gasteiger partial charge in [0.15, 0.2) is 11.2 Å². The van der Waals surface area contributed by atoms with E-state index in [9.17, 15) is 14.7 Å². The van der Waals surface area contributed by atoms with Gasteiger partial charge in [0.05, 0.1) is 19.3 Å². The summed E-state index contributed by atoms with van der Waals surface area (Å²) in [5, 5.41) is 22.1. The molecule has 26 heavy (non-hydrogen) atoms. The zero-order valence-corrected chi connectivity index (χ0v) is 14.3. The van der Waals surface area contributed by atoms with Crippen LogP contribution in [0.3, 0.4) is 0 Å². The number of hydrogen-bond donors (Lipinski definition) is 4. The zero-order chi connectivity index (χ0) is 18.7. The van der Waals surface area contributed by atoms with Gasteiger partial charge < -0.3 is 20.1 Å². The fourth-order valence-corrected chi connectivity index (χ4v) is 2.78. The molecule has 0 saturated carbocycles. The number of aliphatic hydroxyl groups is 2. The Morgan fingerprint density at radius 2 is 2.00 bits per heavy atom. The monoisotopic (exact) mass is 359 g/mol. The molecule has 1 aromatic carbocycles. The van der Waals surface area contributed by atoms with Crippen molar-refractivity contribution in [2.45, 2.75) is 19.1 Å². The predicted molar refractivity (Wildman–Crippen MR) is 97.3 cm³/mol. The number of benzene rings is 1. The number of rotatable bonds is 7. The Hall–Kier alpha value is -2.91. The molecule has 0 radical (unpaired) electrons. The van der Waals surface area contributed by atoms with Gasteiger partial charge in [0.2, 0.25) is 5.95 Å². The summed E-state index contributed by atoms with van der Waals surface area (Å²) in [6, 6.07) is 9.87. The molecule has 0 amide bonds. The molecule has 2 aromatic heterocycles. The number of aliphatic hydroxyl groups excluding tert-OH is 2. The minimum absolute atomic E-state index is 0.0258. The normalized spacial score (nSPS) is 12.4. The fraction of sp³-hybridized carbons (Fsp3) is 0.353. The molecule has 0 aliphatic carbocycles. The molecule has 0 aliphatic heterocycles. The van der Waals surface area contributed by atoms with Crippen LogP contribution in [-0.2, 0) is 20.0 Å². The van der Waals surface area contributed by atoms with Gasteiger partial charge in [0.25, 0.3) is 5.56 Å². The highest BCUT2D eigenvalue weighted by atomic mass is 16.3. The van der Waals surface area contributed by atoms with Crippen LogP contribution in [-0.4, -0.2) is 48.6 Å². The summed E-state index contributed by atoms with van der Waals surface area (Å²) >= 11 is 0. The molecule has 4 N–H and O–H groups in total. The number of aryl methyl sites for hydroxylation is 1. The third kappa shape index (κ3) is 3.53.